The van der Waals surface area contributed by atoms with Crippen molar-refractivity contribution in [1.82, 2.24) is 0 Å². The molecular formula is C11H20O4. The van der Waals surface area contributed by atoms with Gasteiger partial charge in [0.2, 0.25) is 0 Å². The van der Waals surface area contributed by atoms with Crippen LogP contribution in [0.3, 0.4) is 0 Å². The summed E-state index contributed by atoms with van der Waals surface area (Å²) in [6.07, 6.45) is 5.05. The van der Waals surface area contributed by atoms with Gasteiger partial charge < -0.3 is 9.84 Å². The van der Waals surface area contributed by atoms with Crippen LogP contribution in [0.4, 0.5) is 0 Å². The summed E-state index contributed by atoms with van der Waals surface area (Å²) in [6.45, 7) is 1.69. The van der Waals surface area contributed by atoms with Gasteiger partial charge in [-0.2, -0.15) is 0 Å². The molecule has 4 nitrogen and oxygen atoms in total. The Bertz CT molecular complexity index is 179. The van der Waals surface area contributed by atoms with E-state index in [0.29, 0.717) is 12.7 Å². The fraction of sp³-hybridized carbons (Fsp3) is 0.818. The molecule has 1 N–H and O–H groups in total. The van der Waals surface area contributed by atoms with E-state index >= 15 is 0 Å². The van der Waals surface area contributed by atoms with Gasteiger partial charge in [0.05, 0.1) is 6.61 Å². The van der Waals surface area contributed by atoms with Gasteiger partial charge in [0.1, 0.15) is 0 Å². The highest BCUT2D eigenvalue weighted by molar-refractivity contribution is 5.72. The molecule has 0 aromatic rings. The molecule has 0 aliphatic carbocycles. The molecule has 1 unspecified atom stereocenters. The molecule has 0 spiro atoms. The third-order valence-corrected chi connectivity index (χ3v) is 2.10. The van der Waals surface area contributed by atoms with Crippen molar-refractivity contribution >= 4 is 12.3 Å². The van der Waals surface area contributed by atoms with Gasteiger partial charge in [-0.15, -0.1) is 0 Å². The van der Waals surface area contributed by atoms with E-state index in [9.17, 15) is 9.59 Å². The van der Waals surface area contributed by atoms with Crippen LogP contribution in [0.2, 0.25) is 0 Å². The number of carbonyl (C=O) groups is 2. The molecule has 0 bridgehead atoms. The smallest absolute Gasteiger partial charge is 0.306 e. The van der Waals surface area contributed by atoms with Crippen LogP contribution < -0.4 is 0 Å². The molecule has 0 aromatic heterocycles. The summed E-state index contributed by atoms with van der Waals surface area (Å²) in [6, 6.07) is 0. The van der Waals surface area contributed by atoms with E-state index in [2.05, 4.69) is 6.92 Å². The molecule has 0 saturated heterocycles. The Balaban J connectivity index is 3.44. The van der Waals surface area contributed by atoms with Gasteiger partial charge in [-0.1, -0.05) is 32.6 Å². The first-order valence-electron chi connectivity index (χ1n) is 5.50. The standard InChI is InChI=1S/C11H20O4/c1-2-3-4-5-6-7-11(14)15-10(8-12)9-13/h8,10,13H,2-7,9H2,1H3. The minimum Gasteiger partial charge on any atom is -0.452 e. The first-order chi connectivity index (χ1) is 7.24. The van der Waals surface area contributed by atoms with Crippen LogP contribution in [-0.2, 0) is 14.3 Å². The Kier molecular flexibility index (Phi) is 9.07. The van der Waals surface area contributed by atoms with Gasteiger partial charge in [0, 0.05) is 6.42 Å². The lowest BCUT2D eigenvalue weighted by molar-refractivity contribution is -0.153. The lowest BCUT2D eigenvalue weighted by Gasteiger charge is -2.08. The van der Waals surface area contributed by atoms with Gasteiger partial charge >= 0.3 is 5.97 Å². The van der Waals surface area contributed by atoms with Crippen molar-refractivity contribution in [3.63, 3.8) is 0 Å². The number of rotatable bonds is 9. The van der Waals surface area contributed by atoms with Crippen molar-refractivity contribution < 1.29 is 19.4 Å². The number of aliphatic hydroxyl groups is 1. The fourth-order valence-corrected chi connectivity index (χ4v) is 1.21. The van der Waals surface area contributed by atoms with Crippen LogP contribution in [0.15, 0.2) is 0 Å². The predicted octanol–water partition coefficient (Wildman–Crippen LogP) is 1.45. The van der Waals surface area contributed by atoms with Crippen molar-refractivity contribution in [2.75, 3.05) is 6.61 Å². The second-order valence-corrected chi connectivity index (χ2v) is 3.51. The molecule has 0 fully saturated rings. The highest BCUT2D eigenvalue weighted by Gasteiger charge is 2.11. The van der Waals surface area contributed by atoms with E-state index < -0.39 is 18.7 Å². The zero-order valence-electron chi connectivity index (χ0n) is 9.28. The Hall–Kier alpha value is -0.900. The predicted molar refractivity (Wildman–Crippen MR) is 56.4 cm³/mol. The average Bonchev–Trinajstić information content (AvgIpc) is 2.25. The van der Waals surface area contributed by atoms with Crippen LogP contribution >= 0.6 is 0 Å². The molecule has 0 heterocycles. The third-order valence-electron chi connectivity index (χ3n) is 2.10. The van der Waals surface area contributed by atoms with Crippen molar-refractivity contribution in [2.45, 2.75) is 51.6 Å². The largest absolute Gasteiger partial charge is 0.452 e. The van der Waals surface area contributed by atoms with Crippen LogP contribution in [0.25, 0.3) is 0 Å². The lowest BCUT2D eigenvalue weighted by atomic mass is 10.1. The third kappa shape index (κ3) is 8.12. The Morgan fingerprint density at radius 1 is 1.33 bits per heavy atom. The van der Waals surface area contributed by atoms with Crippen molar-refractivity contribution in [2.24, 2.45) is 0 Å². The van der Waals surface area contributed by atoms with E-state index in [1.165, 1.54) is 12.8 Å². The molecular weight excluding hydrogens is 196 g/mol. The molecule has 88 valence electrons. The van der Waals surface area contributed by atoms with Crippen LogP contribution in [0, 0.1) is 0 Å². The first kappa shape index (κ1) is 14.1. The maximum absolute atomic E-state index is 11.1. The van der Waals surface area contributed by atoms with Gasteiger partial charge in [-0.05, 0) is 6.42 Å². The molecule has 15 heavy (non-hydrogen) atoms. The first-order valence-corrected chi connectivity index (χ1v) is 5.50. The van der Waals surface area contributed by atoms with Crippen molar-refractivity contribution in [3.8, 4) is 0 Å². The molecule has 0 aliphatic rings. The maximum atomic E-state index is 11.1. The summed E-state index contributed by atoms with van der Waals surface area (Å²) >= 11 is 0. The zero-order valence-corrected chi connectivity index (χ0v) is 9.28. The Morgan fingerprint density at radius 3 is 2.53 bits per heavy atom. The number of hydrogen-bond acceptors (Lipinski definition) is 4. The molecule has 4 heteroatoms. The second-order valence-electron chi connectivity index (χ2n) is 3.51. The highest BCUT2D eigenvalue weighted by Crippen LogP contribution is 2.06. The zero-order chi connectivity index (χ0) is 11.5. The number of ether oxygens (including phenoxy) is 1. The van der Waals surface area contributed by atoms with E-state index in [4.69, 9.17) is 9.84 Å². The second kappa shape index (κ2) is 9.65. The van der Waals surface area contributed by atoms with Gasteiger partial charge in [0.25, 0.3) is 0 Å². The van der Waals surface area contributed by atoms with Crippen molar-refractivity contribution in [3.05, 3.63) is 0 Å². The van der Waals surface area contributed by atoms with Crippen LogP contribution in [0.5, 0.6) is 0 Å². The summed E-state index contributed by atoms with van der Waals surface area (Å²) < 4.78 is 4.70. The number of carbonyl (C=O) groups excluding carboxylic acids is 2. The number of esters is 1. The molecule has 0 saturated carbocycles. The lowest BCUT2D eigenvalue weighted by Crippen LogP contribution is -2.23. The minimum absolute atomic E-state index is 0.327. The molecule has 1 atom stereocenters. The summed E-state index contributed by atoms with van der Waals surface area (Å²) in [4.78, 5) is 21.4. The van der Waals surface area contributed by atoms with E-state index in [1.807, 2.05) is 0 Å². The Labute approximate surface area is 90.6 Å². The Morgan fingerprint density at radius 2 is 2.00 bits per heavy atom. The number of hydrogen-bond donors (Lipinski definition) is 1. The van der Waals surface area contributed by atoms with Gasteiger partial charge in [-0.3, -0.25) is 9.59 Å². The van der Waals surface area contributed by atoms with E-state index in [-0.39, 0.29) is 0 Å². The van der Waals surface area contributed by atoms with Gasteiger partial charge in [-0.25, -0.2) is 0 Å². The fourth-order valence-electron chi connectivity index (χ4n) is 1.21. The van der Waals surface area contributed by atoms with Crippen molar-refractivity contribution in [1.29, 1.82) is 0 Å². The number of aliphatic hydroxyl groups excluding tert-OH is 1. The number of aldehydes is 1. The van der Waals surface area contributed by atoms with Crippen LogP contribution in [0.1, 0.15) is 45.4 Å². The molecule has 0 rings (SSSR count). The summed E-state index contributed by atoms with van der Waals surface area (Å²) in [7, 11) is 0. The molecule has 0 aliphatic heterocycles. The molecule has 0 amide bonds. The minimum atomic E-state index is -0.992. The highest BCUT2D eigenvalue weighted by atomic mass is 16.6. The summed E-state index contributed by atoms with van der Waals surface area (Å²) in [5.41, 5.74) is 0. The monoisotopic (exact) mass is 216 g/mol. The quantitative estimate of drug-likeness (QED) is 0.360. The SMILES string of the molecule is CCCCCCCC(=O)OC(C=O)CO. The topological polar surface area (TPSA) is 63.6 Å². The normalized spacial score (nSPS) is 12.1. The summed E-state index contributed by atoms with van der Waals surface area (Å²) in [5, 5.41) is 8.61. The maximum Gasteiger partial charge on any atom is 0.306 e. The number of unbranched alkanes of at least 4 members (excludes halogenated alkanes) is 4. The van der Waals surface area contributed by atoms with E-state index in [1.54, 1.807) is 0 Å². The molecule has 0 aromatic carbocycles. The van der Waals surface area contributed by atoms with Gasteiger partial charge in [0.15, 0.2) is 12.4 Å². The average molecular weight is 216 g/mol. The summed E-state index contributed by atoms with van der Waals surface area (Å²) in [5.74, 6) is -0.405. The van der Waals surface area contributed by atoms with E-state index in [0.717, 1.165) is 19.3 Å². The molecule has 0 radical (unpaired) electrons. The van der Waals surface area contributed by atoms with Crippen LogP contribution in [-0.4, -0.2) is 30.1 Å².